The Morgan fingerprint density at radius 3 is 2.57 bits per heavy atom. The van der Waals surface area contributed by atoms with Gasteiger partial charge in [-0.3, -0.25) is 9.48 Å². The van der Waals surface area contributed by atoms with E-state index < -0.39 is 0 Å². The van der Waals surface area contributed by atoms with Crippen LogP contribution in [0.25, 0.3) is 22.0 Å². The minimum atomic E-state index is 0.0751. The molecule has 5 nitrogen and oxygen atoms in total. The number of fused-ring (bicyclic) bond motifs is 1. The number of nitrogens with one attached hydrogen (secondary N) is 1. The Balaban J connectivity index is 1.58. The van der Waals surface area contributed by atoms with E-state index in [4.69, 9.17) is 5.73 Å². The first kappa shape index (κ1) is 20.0. The minimum absolute atomic E-state index is 0.0751. The third-order valence-corrected chi connectivity index (χ3v) is 5.25. The van der Waals surface area contributed by atoms with Gasteiger partial charge in [-0.1, -0.05) is 54.6 Å². The van der Waals surface area contributed by atoms with Crippen molar-refractivity contribution in [2.24, 2.45) is 5.73 Å². The normalized spacial score (nSPS) is 11.1. The zero-order chi connectivity index (χ0) is 20.9. The van der Waals surface area contributed by atoms with Crippen molar-refractivity contribution in [2.45, 2.75) is 20.0 Å². The van der Waals surface area contributed by atoms with Gasteiger partial charge in [0.1, 0.15) is 0 Å². The summed E-state index contributed by atoms with van der Waals surface area (Å²) in [5.41, 5.74) is 12.0. The summed E-state index contributed by atoms with van der Waals surface area (Å²) in [6.45, 7) is 4.50. The van der Waals surface area contributed by atoms with Crippen LogP contribution in [0.4, 0.5) is 0 Å². The molecule has 0 radical (unpaired) electrons. The van der Waals surface area contributed by atoms with Crippen LogP contribution in [0.3, 0.4) is 0 Å². The van der Waals surface area contributed by atoms with Crippen LogP contribution in [0, 0.1) is 0 Å². The number of ketones is 1. The summed E-state index contributed by atoms with van der Waals surface area (Å²) in [5.74, 6) is 0.0751. The van der Waals surface area contributed by atoms with Crippen molar-refractivity contribution in [3.05, 3.63) is 89.6 Å². The van der Waals surface area contributed by atoms with Crippen molar-refractivity contribution in [2.75, 3.05) is 13.1 Å². The van der Waals surface area contributed by atoms with Gasteiger partial charge in [0.15, 0.2) is 5.78 Å². The third-order valence-electron chi connectivity index (χ3n) is 5.25. The standard InChI is InChI=1S/C25H26N4O/c1-18(30)22-4-2-3-20(13-22)17-29-25-14-23(9-10-24(25)16-28-29)21-7-5-19(6-8-21)15-27-12-11-26/h2-10,13-14,16,27H,11-12,15,17,26H2,1H3. The van der Waals surface area contributed by atoms with Gasteiger partial charge in [-0.25, -0.2) is 0 Å². The van der Waals surface area contributed by atoms with Crippen LogP contribution in [-0.4, -0.2) is 28.7 Å². The van der Waals surface area contributed by atoms with Gasteiger partial charge in [-0.15, -0.1) is 0 Å². The summed E-state index contributed by atoms with van der Waals surface area (Å²) in [6, 6.07) is 22.8. The molecule has 5 heteroatoms. The van der Waals surface area contributed by atoms with Gasteiger partial charge < -0.3 is 11.1 Å². The Hall–Kier alpha value is -3.28. The molecule has 4 aromatic rings. The van der Waals surface area contributed by atoms with Crippen molar-refractivity contribution in [3.8, 4) is 11.1 Å². The Morgan fingerprint density at radius 2 is 1.80 bits per heavy atom. The summed E-state index contributed by atoms with van der Waals surface area (Å²) in [6.07, 6.45) is 1.89. The van der Waals surface area contributed by atoms with E-state index in [1.54, 1.807) is 6.92 Å². The molecule has 0 fully saturated rings. The maximum absolute atomic E-state index is 11.7. The molecule has 3 aromatic carbocycles. The Kier molecular flexibility index (Phi) is 6.02. The molecule has 0 saturated heterocycles. The van der Waals surface area contributed by atoms with Gasteiger partial charge in [0, 0.05) is 30.6 Å². The molecule has 0 aliphatic carbocycles. The SMILES string of the molecule is CC(=O)c1cccc(Cn2ncc3ccc(-c4ccc(CNCCN)cc4)cc32)c1. The van der Waals surface area contributed by atoms with Crippen molar-refractivity contribution in [3.63, 3.8) is 0 Å². The molecule has 0 aliphatic heterocycles. The molecule has 152 valence electrons. The molecule has 4 rings (SSSR count). The lowest BCUT2D eigenvalue weighted by molar-refractivity contribution is 0.101. The van der Waals surface area contributed by atoms with Crippen LogP contribution >= 0.6 is 0 Å². The number of carbonyl (C=O) groups is 1. The third kappa shape index (κ3) is 4.48. The highest BCUT2D eigenvalue weighted by Gasteiger charge is 2.08. The molecule has 0 aliphatic rings. The van der Waals surface area contributed by atoms with Gasteiger partial charge in [0.25, 0.3) is 0 Å². The lowest BCUT2D eigenvalue weighted by Crippen LogP contribution is -2.21. The number of hydrogen-bond acceptors (Lipinski definition) is 4. The molecule has 1 heterocycles. The fourth-order valence-corrected chi connectivity index (χ4v) is 3.59. The average molecular weight is 399 g/mol. The number of nitrogens with two attached hydrogens (primary N) is 1. The van der Waals surface area contributed by atoms with Crippen LogP contribution < -0.4 is 11.1 Å². The van der Waals surface area contributed by atoms with Gasteiger partial charge in [-0.05, 0) is 41.3 Å². The second-order valence-corrected chi connectivity index (χ2v) is 7.49. The fraction of sp³-hybridized carbons (Fsp3) is 0.200. The maximum Gasteiger partial charge on any atom is 0.159 e. The van der Waals surface area contributed by atoms with Gasteiger partial charge in [0.05, 0.1) is 18.3 Å². The molecule has 0 unspecified atom stereocenters. The van der Waals surface area contributed by atoms with E-state index in [0.717, 1.165) is 40.7 Å². The quantitative estimate of drug-likeness (QED) is 0.348. The zero-order valence-corrected chi connectivity index (χ0v) is 17.1. The van der Waals surface area contributed by atoms with E-state index in [9.17, 15) is 4.79 Å². The second kappa shape index (κ2) is 9.03. The van der Waals surface area contributed by atoms with Gasteiger partial charge in [0.2, 0.25) is 0 Å². The van der Waals surface area contributed by atoms with Crippen LogP contribution in [0.2, 0.25) is 0 Å². The van der Waals surface area contributed by atoms with Crippen LogP contribution in [0.1, 0.15) is 28.4 Å². The number of benzene rings is 3. The van der Waals surface area contributed by atoms with Gasteiger partial charge >= 0.3 is 0 Å². The van der Waals surface area contributed by atoms with Crippen molar-refractivity contribution < 1.29 is 4.79 Å². The highest BCUT2D eigenvalue weighted by molar-refractivity contribution is 5.94. The molecule has 30 heavy (non-hydrogen) atoms. The first-order valence-corrected chi connectivity index (χ1v) is 10.2. The molecule has 0 spiro atoms. The molecular weight excluding hydrogens is 372 g/mol. The molecule has 0 amide bonds. The summed E-state index contributed by atoms with van der Waals surface area (Å²) in [5, 5.41) is 8.99. The Labute approximate surface area is 176 Å². The number of rotatable bonds is 8. The van der Waals surface area contributed by atoms with Gasteiger partial charge in [-0.2, -0.15) is 5.10 Å². The summed E-state index contributed by atoms with van der Waals surface area (Å²) in [7, 11) is 0. The van der Waals surface area contributed by atoms with E-state index in [-0.39, 0.29) is 5.78 Å². The fourth-order valence-electron chi connectivity index (χ4n) is 3.59. The number of hydrogen-bond donors (Lipinski definition) is 2. The number of Topliss-reactive ketones (excluding diaryl/α,β-unsaturated/α-hetero) is 1. The van der Waals surface area contributed by atoms with E-state index in [1.165, 1.54) is 11.1 Å². The number of carbonyl (C=O) groups excluding carboxylic acids is 1. The maximum atomic E-state index is 11.7. The highest BCUT2D eigenvalue weighted by Crippen LogP contribution is 2.25. The largest absolute Gasteiger partial charge is 0.329 e. The lowest BCUT2D eigenvalue weighted by atomic mass is 10.0. The summed E-state index contributed by atoms with van der Waals surface area (Å²) in [4.78, 5) is 11.7. The highest BCUT2D eigenvalue weighted by atomic mass is 16.1. The Bertz CT molecular complexity index is 1160. The number of aromatic nitrogens is 2. The van der Waals surface area contributed by atoms with Crippen LogP contribution in [-0.2, 0) is 13.1 Å². The molecule has 1 aromatic heterocycles. The average Bonchev–Trinajstić information content (AvgIpc) is 3.16. The van der Waals surface area contributed by atoms with Crippen LogP contribution in [0.15, 0.2) is 72.9 Å². The van der Waals surface area contributed by atoms with Crippen LogP contribution in [0.5, 0.6) is 0 Å². The first-order chi connectivity index (χ1) is 14.6. The van der Waals surface area contributed by atoms with Crippen molar-refractivity contribution in [1.29, 1.82) is 0 Å². The molecule has 0 atom stereocenters. The molecule has 0 bridgehead atoms. The lowest BCUT2D eigenvalue weighted by Gasteiger charge is -2.08. The predicted molar refractivity (Wildman–Crippen MR) is 121 cm³/mol. The van der Waals surface area contributed by atoms with Crippen molar-refractivity contribution in [1.82, 2.24) is 15.1 Å². The van der Waals surface area contributed by atoms with E-state index >= 15 is 0 Å². The first-order valence-electron chi connectivity index (χ1n) is 10.2. The van der Waals surface area contributed by atoms with Crippen molar-refractivity contribution >= 4 is 16.7 Å². The second-order valence-electron chi connectivity index (χ2n) is 7.49. The number of nitrogens with zero attached hydrogens (tertiary/aromatic N) is 2. The monoisotopic (exact) mass is 398 g/mol. The van der Waals surface area contributed by atoms with E-state index in [0.29, 0.717) is 13.1 Å². The summed E-state index contributed by atoms with van der Waals surface area (Å²) < 4.78 is 1.99. The minimum Gasteiger partial charge on any atom is -0.329 e. The molecular formula is C25H26N4O. The van der Waals surface area contributed by atoms with E-state index in [1.807, 2.05) is 35.1 Å². The van der Waals surface area contributed by atoms with E-state index in [2.05, 4.69) is 52.9 Å². The molecule has 3 N–H and O–H groups in total. The predicted octanol–water partition coefficient (Wildman–Crippen LogP) is 4.00. The zero-order valence-electron chi connectivity index (χ0n) is 17.1. The Morgan fingerprint density at radius 1 is 1.00 bits per heavy atom. The topological polar surface area (TPSA) is 72.9 Å². The smallest absolute Gasteiger partial charge is 0.159 e. The summed E-state index contributed by atoms with van der Waals surface area (Å²) >= 11 is 0. The molecule has 0 saturated carbocycles.